The first-order valence-electron chi connectivity index (χ1n) is 6.32. The molecule has 0 aliphatic rings. The monoisotopic (exact) mass is 258 g/mol. The van der Waals surface area contributed by atoms with Crippen molar-refractivity contribution in [3.8, 4) is 17.0 Å². The van der Waals surface area contributed by atoms with Gasteiger partial charge in [-0.1, -0.05) is 13.8 Å². The zero-order chi connectivity index (χ0) is 13.8. The summed E-state index contributed by atoms with van der Waals surface area (Å²) in [6.45, 7) is 6.68. The van der Waals surface area contributed by atoms with E-state index >= 15 is 0 Å². The average molecular weight is 258 g/mol. The number of nitrogens with two attached hydrogens (primary N) is 1. The van der Waals surface area contributed by atoms with Gasteiger partial charge in [-0.3, -0.25) is 4.98 Å². The second kappa shape index (κ2) is 5.65. The highest BCUT2D eigenvalue weighted by molar-refractivity contribution is 5.68. The Hall–Kier alpha value is -2.17. The molecule has 0 saturated carbocycles. The van der Waals surface area contributed by atoms with E-state index in [1.54, 1.807) is 12.4 Å². The Morgan fingerprint density at radius 1 is 1.26 bits per heavy atom. The zero-order valence-electron chi connectivity index (χ0n) is 11.4. The molecular weight excluding hydrogens is 240 g/mol. The maximum Gasteiger partial charge on any atom is 0.138 e. The molecule has 0 aliphatic heterocycles. The summed E-state index contributed by atoms with van der Waals surface area (Å²) < 4.78 is 5.46. The van der Waals surface area contributed by atoms with Crippen LogP contribution in [0.25, 0.3) is 11.3 Å². The van der Waals surface area contributed by atoms with Crippen LogP contribution in [0.1, 0.15) is 32.3 Å². The van der Waals surface area contributed by atoms with Crippen LogP contribution in [-0.4, -0.2) is 21.6 Å². The molecule has 0 amide bonds. The minimum absolute atomic E-state index is 0.243. The van der Waals surface area contributed by atoms with Crippen LogP contribution in [0.4, 0.5) is 5.82 Å². The Bertz CT molecular complexity index is 569. The van der Waals surface area contributed by atoms with Crippen molar-refractivity contribution in [1.82, 2.24) is 15.0 Å². The fraction of sp³-hybridized carbons (Fsp3) is 0.357. The molecule has 0 unspecified atom stereocenters. The number of nitrogens with zero attached hydrogens (tertiary/aromatic N) is 3. The third-order valence-corrected chi connectivity index (χ3v) is 2.79. The van der Waals surface area contributed by atoms with E-state index in [1.165, 1.54) is 6.33 Å². The van der Waals surface area contributed by atoms with Gasteiger partial charge in [0.05, 0.1) is 18.5 Å². The van der Waals surface area contributed by atoms with Gasteiger partial charge in [0.2, 0.25) is 0 Å². The van der Waals surface area contributed by atoms with Crippen LogP contribution in [0.15, 0.2) is 24.8 Å². The lowest BCUT2D eigenvalue weighted by molar-refractivity contribution is 0.339. The molecule has 19 heavy (non-hydrogen) atoms. The topological polar surface area (TPSA) is 73.9 Å². The molecule has 0 spiro atoms. The largest absolute Gasteiger partial charge is 0.492 e. The van der Waals surface area contributed by atoms with Gasteiger partial charge in [0.1, 0.15) is 17.9 Å². The van der Waals surface area contributed by atoms with Gasteiger partial charge in [-0.05, 0) is 18.9 Å². The van der Waals surface area contributed by atoms with Crippen molar-refractivity contribution in [2.45, 2.75) is 26.7 Å². The van der Waals surface area contributed by atoms with Gasteiger partial charge in [-0.25, -0.2) is 9.97 Å². The molecule has 2 heterocycles. The van der Waals surface area contributed by atoms with Gasteiger partial charge >= 0.3 is 0 Å². The smallest absolute Gasteiger partial charge is 0.138 e. The summed E-state index contributed by atoms with van der Waals surface area (Å²) in [4.78, 5) is 12.6. The van der Waals surface area contributed by atoms with E-state index < -0.39 is 0 Å². The van der Waals surface area contributed by atoms with Crippen LogP contribution in [0.2, 0.25) is 0 Å². The first kappa shape index (κ1) is 13.3. The molecule has 2 aromatic rings. The van der Waals surface area contributed by atoms with Crippen molar-refractivity contribution < 1.29 is 4.74 Å². The highest BCUT2D eigenvalue weighted by Crippen LogP contribution is 2.31. The Balaban J connectivity index is 2.52. The highest BCUT2D eigenvalue weighted by atomic mass is 16.5. The predicted octanol–water partition coefficient (Wildman–Crippen LogP) is 2.64. The van der Waals surface area contributed by atoms with Gasteiger partial charge in [0, 0.05) is 17.3 Å². The quantitative estimate of drug-likeness (QED) is 0.912. The molecule has 0 aliphatic carbocycles. The summed E-state index contributed by atoms with van der Waals surface area (Å²) in [7, 11) is 0. The number of anilines is 1. The van der Waals surface area contributed by atoms with E-state index in [-0.39, 0.29) is 5.92 Å². The lowest BCUT2D eigenvalue weighted by atomic mass is 9.98. The van der Waals surface area contributed by atoms with E-state index in [0.717, 1.165) is 22.6 Å². The number of pyridine rings is 1. The summed E-state index contributed by atoms with van der Waals surface area (Å²) in [5, 5.41) is 0. The van der Waals surface area contributed by atoms with Crippen molar-refractivity contribution in [2.75, 3.05) is 12.3 Å². The van der Waals surface area contributed by atoms with Crippen LogP contribution in [0.3, 0.4) is 0 Å². The second-order valence-electron chi connectivity index (χ2n) is 4.52. The molecule has 100 valence electrons. The molecule has 0 aromatic carbocycles. The van der Waals surface area contributed by atoms with Gasteiger partial charge in [-0.15, -0.1) is 0 Å². The lowest BCUT2D eigenvalue weighted by Crippen LogP contribution is -2.04. The summed E-state index contributed by atoms with van der Waals surface area (Å²) in [5.41, 5.74) is 8.60. The minimum Gasteiger partial charge on any atom is -0.492 e. The van der Waals surface area contributed by atoms with E-state index in [0.29, 0.717) is 12.4 Å². The summed E-state index contributed by atoms with van der Waals surface area (Å²) >= 11 is 0. The molecule has 0 fully saturated rings. The third-order valence-electron chi connectivity index (χ3n) is 2.79. The average Bonchev–Trinajstić information content (AvgIpc) is 2.38. The third kappa shape index (κ3) is 2.81. The fourth-order valence-electron chi connectivity index (χ4n) is 2.00. The predicted molar refractivity (Wildman–Crippen MR) is 74.9 cm³/mol. The van der Waals surface area contributed by atoms with Crippen molar-refractivity contribution in [3.63, 3.8) is 0 Å². The summed E-state index contributed by atoms with van der Waals surface area (Å²) in [6.07, 6.45) is 4.92. The van der Waals surface area contributed by atoms with Crippen LogP contribution < -0.4 is 10.5 Å². The first-order valence-corrected chi connectivity index (χ1v) is 6.32. The van der Waals surface area contributed by atoms with Gasteiger partial charge in [0.15, 0.2) is 0 Å². The Labute approximate surface area is 112 Å². The summed E-state index contributed by atoms with van der Waals surface area (Å²) in [5.74, 6) is 1.49. The number of hydrogen-bond donors (Lipinski definition) is 1. The maximum atomic E-state index is 5.95. The highest BCUT2D eigenvalue weighted by Gasteiger charge is 2.15. The number of aromatic nitrogens is 3. The minimum atomic E-state index is 0.243. The number of nitrogen functional groups attached to an aromatic ring is 1. The lowest BCUT2D eigenvalue weighted by Gasteiger charge is -2.14. The van der Waals surface area contributed by atoms with E-state index in [9.17, 15) is 0 Å². The SMILES string of the molecule is CCOc1cncc(-c2ncnc(N)c2C(C)C)c1. The Morgan fingerprint density at radius 2 is 2.05 bits per heavy atom. The fourth-order valence-corrected chi connectivity index (χ4v) is 2.00. The molecule has 5 nitrogen and oxygen atoms in total. The molecule has 0 radical (unpaired) electrons. The van der Waals surface area contributed by atoms with Crippen LogP contribution in [-0.2, 0) is 0 Å². The first-order chi connectivity index (χ1) is 9.13. The number of rotatable bonds is 4. The van der Waals surface area contributed by atoms with Gasteiger partial charge < -0.3 is 10.5 Å². The zero-order valence-corrected chi connectivity index (χ0v) is 11.4. The normalized spacial score (nSPS) is 10.7. The molecule has 5 heteroatoms. The maximum absolute atomic E-state index is 5.95. The molecule has 0 saturated heterocycles. The van der Waals surface area contributed by atoms with E-state index in [4.69, 9.17) is 10.5 Å². The molecule has 2 rings (SSSR count). The standard InChI is InChI=1S/C14H18N4O/c1-4-19-11-5-10(6-16-7-11)13-12(9(2)3)14(15)18-8-17-13/h5-9H,4H2,1-3H3,(H2,15,17,18). The molecule has 0 atom stereocenters. The molecular formula is C14H18N4O. The molecule has 0 bridgehead atoms. The Morgan fingerprint density at radius 3 is 2.74 bits per heavy atom. The molecule has 2 aromatic heterocycles. The van der Waals surface area contributed by atoms with Crippen LogP contribution >= 0.6 is 0 Å². The number of ether oxygens (including phenoxy) is 1. The second-order valence-corrected chi connectivity index (χ2v) is 4.52. The Kier molecular flexibility index (Phi) is 3.94. The van der Waals surface area contributed by atoms with E-state index in [1.807, 2.05) is 13.0 Å². The van der Waals surface area contributed by atoms with Gasteiger partial charge in [0.25, 0.3) is 0 Å². The van der Waals surface area contributed by atoms with Gasteiger partial charge in [-0.2, -0.15) is 0 Å². The van der Waals surface area contributed by atoms with E-state index in [2.05, 4.69) is 28.8 Å². The number of hydrogen-bond acceptors (Lipinski definition) is 5. The van der Waals surface area contributed by atoms with Crippen LogP contribution in [0, 0.1) is 0 Å². The van der Waals surface area contributed by atoms with Crippen molar-refractivity contribution in [3.05, 3.63) is 30.4 Å². The van der Waals surface area contributed by atoms with Crippen LogP contribution in [0.5, 0.6) is 5.75 Å². The van der Waals surface area contributed by atoms with Crippen molar-refractivity contribution in [1.29, 1.82) is 0 Å². The van der Waals surface area contributed by atoms with Crippen molar-refractivity contribution in [2.24, 2.45) is 0 Å². The van der Waals surface area contributed by atoms with Crippen molar-refractivity contribution >= 4 is 5.82 Å². The summed E-state index contributed by atoms with van der Waals surface area (Å²) in [6, 6.07) is 1.92. The molecule has 2 N–H and O–H groups in total.